The van der Waals surface area contributed by atoms with Crippen molar-refractivity contribution in [1.82, 2.24) is 19.7 Å². The number of fused-ring (bicyclic) bond motifs is 4. The van der Waals surface area contributed by atoms with Crippen LogP contribution in [0.3, 0.4) is 0 Å². The standard InChI is InChI=1S/C17H18N8O3/c18-22-19-6-7-24-16-13(8-20-24)15-10-23(14(16)9-21-27)17(26)25(15)28-11-12-4-2-1-3-5-12/h1-5,8-9,14-15,27H,6-7,10-11H2. The minimum Gasteiger partial charge on any atom is -0.411 e. The van der Waals surface area contributed by atoms with Gasteiger partial charge in [-0.2, -0.15) is 10.2 Å². The molecule has 11 heteroatoms. The van der Waals surface area contributed by atoms with Gasteiger partial charge >= 0.3 is 6.03 Å². The lowest BCUT2D eigenvalue weighted by Gasteiger charge is -2.28. The number of oxime groups is 1. The van der Waals surface area contributed by atoms with E-state index in [2.05, 4.69) is 20.3 Å². The van der Waals surface area contributed by atoms with Crippen molar-refractivity contribution in [3.8, 4) is 0 Å². The highest BCUT2D eigenvalue weighted by atomic mass is 16.7. The highest BCUT2D eigenvalue weighted by Crippen LogP contribution is 2.43. The Hall–Kier alpha value is -3.56. The van der Waals surface area contributed by atoms with E-state index in [9.17, 15) is 4.79 Å². The molecule has 0 radical (unpaired) electrons. The van der Waals surface area contributed by atoms with E-state index in [-0.39, 0.29) is 25.2 Å². The third-order valence-corrected chi connectivity index (χ3v) is 4.87. The van der Waals surface area contributed by atoms with Crippen molar-refractivity contribution in [3.05, 3.63) is 63.8 Å². The Morgan fingerprint density at radius 2 is 2.21 bits per heavy atom. The molecule has 4 rings (SSSR count). The van der Waals surface area contributed by atoms with Crippen LogP contribution in [-0.4, -0.2) is 50.3 Å². The second-order valence-electron chi connectivity index (χ2n) is 6.41. The van der Waals surface area contributed by atoms with E-state index in [0.717, 1.165) is 16.8 Å². The van der Waals surface area contributed by atoms with Gasteiger partial charge in [0.25, 0.3) is 0 Å². The van der Waals surface area contributed by atoms with Crippen LogP contribution in [0.5, 0.6) is 0 Å². The van der Waals surface area contributed by atoms with Crippen LogP contribution in [0.2, 0.25) is 0 Å². The van der Waals surface area contributed by atoms with Gasteiger partial charge in [0.05, 0.1) is 24.7 Å². The third kappa shape index (κ3) is 3.02. The number of carbonyl (C=O) groups is 1. The maximum absolute atomic E-state index is 12.9. The predicted molar refractivity (Wildman–Crippen MR) is 97.2 cm³/mol. The topological polar surface area (TPSA) is 132 Å². The second kappa shape index (κ2) is 7.59. The van der Waals surface area contributed by atoms with Gasteiger partial charge in [0.15, 0.2) is 0 Å². The first-order valence-electron chi connectivity index (χ1n) is 8.75. The Labute approximate surface area is 160 Å². The molecule has 2 bridgehead atoms. The van der Waals surface area contributed by atoms with Crippen molar-refractivity contribution in [3.63, 3.8) is 0 Å². The molecule has 1 aromatic carbocycles. The van der Waals surface area contributed by atoms with E-state index in [1.807, 2.05) is 30.3 Å². The fraction of sp³-hybridized carbons (Fsp3) is 0.353. The average Bonchev–Trinajstić information content (AvgIpc) is 3.26. The summed E-state index contributed by atoms with van der Waals surface area (Å²) < 4.78 is 1.67. The van der Waals surface area contributed by atoms with Crippen LogP contribution in [0.25, 0.3) is 10.4 Å². The van der Waals surface area contributed by atoms with Crippen LogP contribution in [0.1, 0.15) is 28.9 Å². The number of hydrogen-bond donors (Lipinski definition) is 1. The Bertz CT molecular complexity index is 937. The molecule has 0 spiro atoms. The molecule has 2 aliphatic rings. The van der Waals surface area contributed by atoms with Gasteiger partial charge in [-0.25, -0.2) is 4.79 Å². The molecule has 11 nitrogen and oxygen atoms in total. The van der Waals surface area contributed by atoms with Gasteiger partial charge in [0.1, 0.15) is 18.7 Å². The minimum absolute atomic E-state index is 0.223. The van der Waals surface area contributed by atoms with Gasteiger partial charge in [-0.1, -0.05) is 40.6 Å². The van der Waals surface area contributed by atoms with E-state index in [1.165, 1.54) is 11.3 Å². The van der Waals surface area contributed by atoms with Gasteiger partial charge in [0.2, 0.25) is 0 Å². The molecule has 1 N–H and O–H groups in total. The molecule has 2 amide bonds. The quantitative estimate of drug-likeness (QED) is 0.197. The fourth-order valence-electron chi connectivity index (χ4n) is 3.63. The third-order valence-electron chi connectivity index (χ3n) is 4.87. The van der Waals surface area contributed by atoms with E-state index in [0.29, 0.717) is 13.1 Å². The normalized spacial score (nSPS) is 20.5. The molecule has 2 aliphatic heterocycles. The van der Waals surface area contributed by atoms with E-state index in [1.54, 1.807) is 15.8 Å². The van der Waals surface area contributed by atoms with Crippen LogP contribution in [0.15, 0.2) is 46.8 Å². The molecule has 2 atom stereocenters. The van der Waals surface area contributed by atoms with Crippen LogP contribution in [0, 0.1) is 0 Å². The number of aromatic nitrogens is 2. The van der Waals surface area contributed by atoms with Gasteiger partial charge in [-0.3, -0.25) is 9.52 Å². The smallest absolute Gasteiger partial charge is 0.345 e. The molecule has 1 saturated heterocycles. The summed E-state index contributed by atoms with van der Waals surface area (Å²) in [5, 5.41) is 21.5. The first-order chi connectivity index (χ1) is 13.7. The molecule has 0 saturated carbocycles. The maximum Gasteiger partial charge on any atom is 0.345 e. The van der Waals surface area contributed by atoms with Crippen molar-refractivity contribution >= 4 is 12.2 Å². The number of hydrogen-bond acceptors (Lipinski definition) is 6. The minimum atomic E-state index is -0.581. The van der Waals surface area contributed by atoms with Gasteiger partial charge in [0, 0.05) is 23.6 Å². The summed E-state index contributed by atoms with van der Waals surface area (Å²) in [7, 11) is 0. The average molecular weight is 382 g/mol. The van der Waals surface area contributed by atoms with Crippen molar-refractivity contribution in [2.75, 3.05) is 13.1 Å². The van der Waals surface area contributed by atoms with Crippen molar-refractivity contribution in [2.45, 2.75) is 25.2 Å². The lowest BCUT2D eigenvalue weighted by Crippen LogP contribution is -2.36. The number of carbonyl (C=O) groups excluding carboxylic acids is 1. The van der Waals surface area contributed by atoms with Crippen LogP contribution in [0.4, 0.5) is 4.79 Å². The summed E-state index contributed by atoms with van der Waals surface area (Å²) in [5.41, 5.74) is 11.0. The first-order valence-corrected chi connectivity index (χ1v) is 8.75. The lowest BCUT2D eigenvalue weighted by molar-refractivity contribution is -0.141. The molecule has 28 heavy (non-hydrogen) atoms. The monoisotopic (exact) mass is 382 g/mol. The van der Waals surface area contributed by atoms with Crippen molar-refractivity contribution in [2.24, 2.45) is 10.3 Å². The van der Waals surface area contributed by atoms with E-state index >= 15 is 0 Å². The molecule has 1 aromatic heterocycles. The number of rotatable bonds is 7. The Balaban J connectivity index is 1.63. The number of urea groups is 1. The Kier molecular flexibility index (Phi) is 4.83. The fourth-order valence-corrected chi connectivity index (χ4v) is 3.63. The zero-order valence-electron chi connectivity index (χ0n) is 14.9. The first kappa shape index (κ1) is 17.8. The summed E-state index contributed by atoms with van der Waals surface area (Å²) in [6.45, 7) is 1.24. The largest absolute Gasteiger partial charge is 0.411 e. The zero-order chi connectivity index (χ0) is 19.5. The lowest BCUT2D eigenvalue weighted by atomic mass is 9.98. The summed E-state index contributed by atoms with van der Waals surface area (Å²) in [6.07, 6.45) is 2.97. The number of azide groups is 1. The molecule has 1 fully saturated rings. The van der Waals surface area contributed by atoms with Crippen LogP contribution < -0.4 is 0 Å². The SMILES string of the molecule is [N-]=[N+]=NCCn1ncc2c1C(C=NO)N1CC2N(OCc2ccccc2)C1=O. The van der Waals surface area contributed by atoms with Crippen molar-refractivity contribution in [1.29, 1.82) is 0 Å². The summed E-state index contributed by atoms with van der Waals surface area (Å²) in [4.78, 5) is 23.1. The van der Waals surface area contributed by atoms with E-state index < -0.39 is 6.04 Å². The highest BCUT2D eigenvalue weighted by molar-refractivity contribution is 5.83. The van der Waals surface area contributed by atoms with E-state index in [4.69, 9.17) is 15.6 Å². The number of amides is 2. The van der Waals surface area contributed by atoms with Crippen LogP contribution >= 0.6 is 0 Å². The molecule has 2 aromatic rings. The molecule has 2 unspecified atom stereocenters. The summed E-state index contributed by atoms with van der Waals surface area (Å²) in [6, 6.07) is 8.38. The number of hydroxylamine groups is 2. The molecular weight excluding hydrogens is 364 g/mol. The zero-order valence-corrected chi connectivity index (χ0v) is 14.9. The Morgan fingerprint density at radius 1 is 1.39 bits per heavy atom. The van der Waals surface area contributed by atoms with Gasteiger partial charge in [-0.05, 0) is 11.1 Å². The van der Waals surface area contributed by atoms with Gasteiger partial charge < -0.3 is 10.1 Å². The number of benzene rings is 1. The molecule has 3 heterocycles. The summed E-state index contributed by atoms with van der Waals surface area (Å²) in [5.74, 6) is 0. The predicted octanol–water partition coefficient (Wildman–Crippen LogP) is 2.62. The van der Waals surface area contributed by atoms with Crippen LogP contribution in [-0.2, 0) is 18.0 Å². The molecule has 0 aliphatic carbocycles. The van der Waals surface area contributed by atoms with Crippen molar-refractivity contribution < 1.29 is 14.8 Å². The molecular formula is C17H18N8O3. The molecule has 144 valence electrons. The Morgan fingerprint density at radius 3 is 2.96 bits per heavy atom. The maximum atomic E-state index is 12.9. The number of nitrogens with zero attached hydrogens (tertiary/aromatic N) is 8. The summed E-state index contributed by atoms with van der Waals surface area (Å²) >= 11 is 0. The van der Waals surface area contributed by atoms with Gasteiger partial charge in [-0.15, -0.1) is 0 Å². The highest BCUT2D eigenvalue weighted by Gasteiger charge is 2.50. The second-order valence-corrected chi connectivity index (χ2v) is 6.41.